The topological polar surface area (TPSA) is 66.4 Å². The van der Waals surface area contributed by atoms with Crippen LogP contribution in [0.25, 0.3) is 0 Å². The van der Waals surface area contributed by atoms with E-state index in [0.29, 0.717) is 11.4 Å². The Morgan fingerprint density at radius 2 is 1.87 bits per heavy atom. The summed E-state index contributed by atoms with van der Waals surface area (Å²) in [5.41, 5.74) is 1.33. The lowest BCUT2D eigenvalue weighted by Gasteiger charge is -2.02. The van der Waals surface area contributed by atoms with Crippen LogP contribution in [0.15, 0.2) is 24.3 Å². The van der Waals surface area contributed by atoms with Gasteiger partial charge in [-0.3, -0.25) is 9.59 Å². The van der Waals surface area contributed by atoms with Crippen molar-refractivity contribution in [2.75, 3.05) is 6.54 Å². The molecule has 1 aromatic carbocycles. The van der Waals surface area contributed by atoms with Crippen molar-refractivity contribution in [1.29, 1.82) is 0 Å². The predicted octanol–water partition coefficient (Wildman–Crippen LogP) is 1.24. The first-order valence-electron chi connectivity index (χ1n) is 4.28. The molecule has 0 aliphatic rings. The summed E-state index contributed by atoms with van der Waals surface area (Å²) < 4.78 is 0. The summed E-state index contributed by atoms with van der Waals surface area (Å²) in [5.74, 6) is -1.09. The van der Waals surface area contributed by atoms with Crippen LogP contribution in [0.4, 0.5) is 0 Å². The van der Waals surface area contributed by atoms with Gasteiger partial charge in [0.1, 0.15) is 6.54 Å². The van der Waals surface area contributed by atoms with Crippen LogP contribution in [-0.4, -0.2) is 23.5 Å². The van der Waals surface area contributed by atoms with E-state index in [2.05, 4.69) is 5.32 Å². The maximum Gasteiger partial charge on any atom is 0.322 e. The Kier molecular flexibility index (Phi) is 4.12. The molecule has 0 radical (unpaired) electrons. The van der Waals surface area contributed by atoms with Crippen LogP contribution in [0.2, 0.25) is 0 Å². The molecule has 0 atom stereocenters. The van der Waals surface area contributed by atoms with Crippen LogP contribution in [0.5, 0.6) is 0 Å². The van der Waals surface area contributed by atoms with Crippen molar-refractivity contribution in [3.05, 3.63) is 35.4 Å². The molecule has 0 aliphatic heterocycles. The molecular weight excluding hydrogens is 218 g/mol. The summed E-state index contributed by atoms with van der Waals surface area (Å²) in [6.07, 6.45) is 0. The van der Waals surface area contributed by atoms with Crippen LogP contribution in [0.1, 0.15) is 15.9 Å². The van der Waals surface area contributed by atoms with Gasteiger partial charge in [-0.05, 0) is 17.7 Å². The van der Waals surface area contributed by atoms with E-state index in [1.807, 2.05) is 0 Å². The standard InChI is InChI=1S/C10H10ClNO3/c11-5-7-1-3-8(4-2-7)10(15)12-6-9(13)14/h1-4H,5-6H2,(H,12,15)(H,13,14). The van der Waals surface area contributed by atoms with Gasteiger partial charge < -0.3 is 10.4 Å². The van der Waals surface area contributed by atoms with Crippen LogP contribution >= 0.6 is 11.6 Å². The van der Waals surface area contributed by atoms with E-state index in [4.69, 9.17) is 16.7 Å². The highest BCUT2D eigenvalue weighted by molar-refractivity contribution is 6.17. The molecule has 0 aliphatic carbocycles. The van der Waals surface area contributed by atoms with E-state index in [1.165, 1.54) is 0 Å². The van der Waals surface area contributed by atoms with Crippen LogP contribution in [-0.2, 0) is 10.7 Å². The Bertz CT molecular complexity index is 361. The fourth-order valence-corrected chi connectivity index (χ4v) is 1.18. The summed E-state index contributed by atoms with van der Waals surface area (Å²) in [6.45, 7) is -0.379. The minimum Gasteiger partial charge on any atom is -0.480 e. The molecular formula is C10H10ClNO3. The Labute approximate surface area is 91.9 Å². The van der Waals surface area contributed by atoms with Gasteiger partial charge in [0.25, 0.3) is 5.91 Å². The highest BCUT2D eigenvalue weighted by Gasteiger charge is 2.06. The lowest BCUT2D eigenvalue weighted by atomic mass is 10.1. The molecule has 5 heteroatoms. The van der Waals surface area contributed by atoms with Gasteiger partial charge in [0.05, 0.1) is 0 Å². The van der Waals surface area contributed by atoms with Gasteiger partial charge in [-0.15, -0.1) is 11.6 Å². The highest BCUT2D eigenvalue weighted by atomic mass is 35.5. The fourth-order valence-electron chi connectivity index (χ4n) is 1.00. The number of hydrogen-bond donors (Lipinski definition) is 2. The number of hydrogen-bond acceptors (Lipinski definition) is 2. The zero-order valence-electron chi connectivity index (χ0n) is 7.87. The largest absolute Gasteiger partial charge is 0.480 e. The number of carbonyl (C=O) groups excluding carboxylic acids is 1. The third-order valence-corrected chi connectivity index (χ3v) is 2.08. The molecule has 0 aromatic heterocycles. The first-order chi connectivity index (χ1) is 7.13. The predicted molar refractivity (Wildman–Crippen MR) is 56.0 cm³/mol. The Balaban J connectivity index is 2.62. The maximum absolute atomic E-state index is 11.3. The molecule has 0 unspecified atom stereocenters. The number of alkyl halides is 1. The smallest absolute Gasteiger partial charge is 0.322 e. The Hall–Kier alpha value is -1.55. The van der Waals surface area contributed by atoms with E-state index < -0.39 is 11.9 Å². The summed E-state index contributed by atoms with van der Waals surface area (Å²) in [4.78, 5) is 21.5. The van der Waals surface area contributed by atoms with E-state index in [1.54, 1.807) is 24.3 Å². The fraction of sp³-hybridized carbons (Fsp3) is 0.200. The van der Waals surface area contributed by atoms with E-state index in [-0.39, 0.29) is 6.54 Å². The third kappa shape index (κ3) is 3.59. The number of carbonyl (C=O) groups is 2. The lowest BCUT2D eigenvalue weighted by molar-refractivity contribution is -0.135. The van der Waals surface area contributed by atoms with Crippen molar-refractivity contribution in [2.24, 2.45) is 0 Å². The second kappa shape index (κ2) is 5.36. The summed E-state index contributed by atoms with van der Waals surface area (Å²) >= 11 is 5.58. The average molecular weight is 228 g/mol. The van der Waals surface area contributed by atoms with Gasteiger partial charge in [-0.25, -0.2) is 0 Å². The van der Waals surface area contributed by atoms with Gasteiger partial charge in [-0.2, -0.15) is 0 Å². The van der Waals surface area contributed by atoms with Crippen molar-refractivity contribution in [3.8, 4) is 0 Å². The number of nitrogens with one attached hydrogen (secondary N) is 1. The molecule has 15 heavy (non-hydrogen) atoms. The number of amides is 1. The van der Waals surface area contributed by atoms with E-state index >= 15 is 0 Å². The molecule has 0 heterocycles. The highest BCUT2D eigenvalue weighted by Crippen LogP contribution is 2.06. The molecule has 0 saturated carbocycles. The first kappa shape index (κ1) is 11.5. The van der Waals surface area contributed by atoms with Crippen LogP contribution < -0.4 is 5.32 Å². The van der Waals surface area contributed by atoms with Gasteiger partial charge in [0.2, 0.25) is 0 Å². The van der Waals surface area contributed by atoms with E-state index in [0.717, 1.165) is 5.56 Å². The second-order valence-electron chi connectivity index (χ2n) is 2.91. The summed E-state index contributed by atoms with van der Waals surface area (Å²) in [5, 5.41) is 10.6. The number of carboxylic acid groups (broad SMARTS) is 1. The van der Waals surface area contributed by atoms with Gasteiger partial charge in [0.15, 0.2) is 0 Å². The van der Waals surface area contributed by atoms with Crippen molar-refractivity contribution in [3.63, 3.8) is 0 Å². The molecule has 2 N–H and O–H groups in total. The monoisotopic (exact) mass is 227 g/mol. The molecule has 0 fully saturated rings. The SMILES string of the molecule is O=C(O)CNC(=O)c1ccc(CCl)cc1. The van der Waals surface area contributed by atoms with E-state index in [9.17, 15) is 9.59 Å². The zero-order valence-corrected chi connectivity index (χ0v) is 8.62. The Morgan fingerprint density at radius 1 is 1.27 bits per heavy atom. The summed E-state index contributed by atoms with van der Waals surface area (Å²) in [7, 11) is 0. The van der Waals surface area contributed by atoms with Gasteiger partial charge in [0, 0.05) is 11.4 Å². The van der Waals surface area contributed by atoms with Crippen molar-refractivity contribution in [2.45, 2.75) is 5.88 Å². The van der Waals surface area contributed by atoms with Crippen molar-refractivity contribution >= 4 is 23.5 Å². The molecule has 1 amide bonds. The molecule has 0 spiro atoms. The Morgan fingerprint density at radius 3 is 2.33 bits per heavy atom. The van der Waals surface area contributed by atoms with Gasteiger partial charge >= 0.3 is 5.97 Å². The minimum absolute atomic E-state index is 0.379. The lowest BCUT2D eigenvalue weighted by Crippen LogP contribution is -2.29. The molecule has 0 saturated heterocycles. The normalized spacial score (nSPS) is 9.67. The number of aliphatic carboxylic acids is 1. The zero-order chi connectivity index (χ0) is 11.3. The average Bonchev–Trinajstić information content (AvgIpc) is 2.26. The number of benzene rings is 1. The third-order valence-electron chi connectivity index (χ3n) is 1.77. The maximum atomic E-state index is 11.3. The summed E-state index contributed by atoms with van der Waals surface area (Å²) in [6, 6.07) is 6.66. The molecule has 0 bridgehead atoms. The molecule has 80 valence electrons. The molecule has 1 aromatic rings. The number of carboxylic acids is 1. The molecule has 4 nitrogen and oxygen atoms in total. The molecule has 1 rings (SSSR count). The number of rotatable bonds is 4. The minimum atomic E-state index is -1.07. The first-order valence-corrected chi connectivity index (χ1v) is 4.82. The van der Waals surface area contributed by atoms with Crippen molar-refractivity contribution in [1.82, 2.24) is 5.32 Å². The number of halogens is 1. The quantitative estimate of drug-likeness (QED) is 0.761. The second-order valence-corrected chi connectivity index (χ2v) is 3.17. The van der Waals surface area contributed by atoms with Gasteiger partial charge in [-0.1, -0.05) is 12.1 Å². The van der Waals surface area contributed by atoms with Crippen LogP contribution in [0.3, 0.4) is 0 Å². The van der Waals surface area contributed by atoms with Crippen LogP contribution in [0, 0.1) is 0 Å². The van der Waals surface area contributed by atoms with Crippen molar-refractivity contribution < 1.29 is 14.7 Å².